The fraction of sp³-hybridized carbons (Fsp3) is 0.400. The molecule has 4 saturated carbocycles. The fourth-order valence-corrected chi connectivity index (χ4v) is 12.2. The molecule has 2 aromatic carbocycles. The fourth-order valence-electron chi connectivity index (χ4n) is 11.2. The second kappa shape index (κ2) is 10.7. The maximum absolute atomic E-state index is 14.1. The van der Waals surface area contributed by atoms with E-state index in [1.54, 1.807) is 47.7 Å². The van der Waals surface area contributed by atoms with Gasteiger partial charge in [0.1, 0.15) is 11.4 Å². The van der Waals surface area contributed by atoms with Crippen LogP contribution in [0.2, 0.25) is 0 Å². The molecule has 256 valence electrons. The number of anilines is 1. The second-order valence-electron chi connectivity index (χ2n) is 16.1. The zero-order valence-corrected chi connectivity index (χ0v) is 29.0. The summed E-state index contributed by atoms with van der Waals surface area (Å²) in [5.74, 6) is -0.857. The van der Waals surface area contributed by atoms with Crippen LogP contribution >= 0.6 is 11.3 Å². The minimum Gasteiger partial charge on any atom is -0.493 e. The Bertz CT molecular complexity index is 2130. The van der Waals surface area contributed by atoms with Crippen LogP contribution in [0.1, 0.15) is 94.8 Å². The van der Waals surface area contributed by atoms with E-state index < -0.39 is 11.9 Å². The topological polar surface area (TPSA) is 144 Å². The number of hydrogen-bond donors (Lipinski definition) is 4. The summed E-state index contributed by atoms with van der Waals surface area (Å²) in [6.45, 7) is 5.64. The summed E-state index contributed by atoms with van der Waals surface area (Å²) in [4.78, 5) is 46.4. The molecule has 10 heteroatoms. The average molecular weight is 689 g/mol. The number of thiophene rings is 1. The summed E-state index contributed by atoms with van der Waals surface area (Å²) in [7, 11) is 0. The molecular weight excluding hydrogens is 649 g/mol. The van der Waals surface area contributed by atoms with E-state index in [0.29, 0.717) is 53.3 Å². The molecule has 1 spiro atoms. The molecule has 3 heterocycles. The van der Waals surface area contributed by atoms with Gasteiger partial charge in [-0.1, -0.05) is 26.0 Å². The monoisotopic (exact) mass is 688 g/mol. The first kappa shape index (κ1) is 31.4. The Morgan fingerprint density at radius 3 is 2.56 bits per heavy atom. The minimum atomic E-state index is -1.29. The molecular formula is C40H40N4O5S. The van der Waals surface area contributed by atoms with Gasteiger partial charge in [-0.05, 0) is 120 Å². The summed E-state index contributed by atoms with van der Waals surface area (Å²) in [6, 6.07) is 16.0. The standard InChI is InChI=1S/C40H40N4O5S/c1-37-18-38(2)15-24-16-39(19-37,21-40(24,38)20-37)44-35(46)30-8-7-26(32(43-30)36(47)48)27-14-31-29(33-23(9-11-49-31)10-12-50-33)13-28(27)34(45)42-25-5-3-22(17-41)4-6-25/h3-8,10,12-14,24H,9,11,15-21,41H2,1-2H3,(H,42,45)(H,44,46)(H,47,48). The molecule has 50 heavy (non-hydrogen) atoms. The Kier molecular flexibility index (Phi) is 6.75. The number of nitrogens with zero attached hydrogens (tertiary/aromatic N) is 1. The van der Waals surface area contributed by atoms with Gasteiger partial charge in [-0.2, -0.15) is 0 Å². The summed E-state index contributed by atoms with van der Waals surface area (Å²) in [5.41, 5.74) is 10.4. The van der Waals surface area contributed by atoms with Crippen molar-refractivity contribution >= 4 is 34.8 Å². The number of aromatic carboxylic acids is 1. The highest BCUT2D eigenvalue weighted by molar-refractivity contribution is 7.13. The number of fused-ring (bicyclic) bond motifs is 5. The van der Waals surface area contributed by atoms with E-state index in [0.717, 1.165) is 40.8 Å². The van der Waals surface area contributed by atoms with Gasteiger partial charge in [-0.3, -0.25) is 9.59 Å². The highest BCUT2D eigenvalue weighted by atomic mass is 32.1. The molecule has 0 saturated heterocycles. The van der Waals surface area contributed by atoms with Gasteiger partial charge in [0, 0.05) is 51.3 Å². The first-order valence-corrected chi connectivity index (χ1v) is 18.4. The minimum absolute atomic E-state index is 0.0586. The van der Waals surface area contributed by atoms with Crippen LogP contribution in [-0.4, -0.2) is 40.0 Å². The Labute approximate surface area is 294 Å². The van der Waals surface area contributed by atoms with Crippen LogP contribution < -0.4 is 21.1 Å². The molecule has 0 radical (unpaired) electrons. The van der Waals surface area contributed by atoms with Gasteiger partial charge in [0.25, 0.3) is 11.8 Å². The van der Waals surface area contributed by atoms with Crippen molar-refractivity contribution in [1.29, 1.82) is 0 Å². The molecule has 9 rings (SSSR count). The van der Waals surface area contributed by atoms with Gasteiger partial charge in [0.05, 0.1) is 6.61 Å². The molecule has 1 aliphatic heterocycles. The molecule has 9 nitrogen and oxygen atoms in total. The predicted molar refractivity (Wildman–Crippen MR) is 191 cm³/mol. The van der Waals surface area contributed by atoms with E-state index in [1.807, 2.05) is 17.5 Å². The predicted octanol–water partition coefficient (Wildman–Crippen LogP) is 7.30. The highest BCUT2D eigenvalue weighted by Gasteiger charge is 2.78. The Morgan fingerprint density at radius 2 is 1.78 bits per heavy atom. The number of nitrogens with one attached hydrogen (secondary N) is 2. The number of ether oxygens (including phenoxy) is 1. The number of benzene rings is 2. The number of carboxylic acid groups (broad SMARTS) is 1. The molecule has 5 atom stereocenters. The number of hydrogen-bond acceptors (Lipinski definition) is 7. The molecule has 3 bridgehead atoms. The van der Waals surface area contributed by atoms with Gasteiger partial charge >= 0.3 is 5.97 Å². The van der Waals surface area contributed by atoms with Crippen LogP contribution in [0.5, 0.6) is 5.75 Å². The maximum Gasteiger partial charge on any atom is 0.355 e. The Balaban J connectivity index is 1.09. The summed E-state index contributed by atoms with van der Waals surface area (Å²) in [6.07, 6.45) is 7.29. The van der Waals surface area contributed by atoms with Crippen molar-refractivity contribution in [2.75, 3.05) is 11.9 Å². The van der Waals surface area contributed by atoms with Gasteiger partial charge in [-0.25, -0.2) is 9.78 Å². The maximum atomic E-state index is 14.1. The average Bonchev–Trinajstić information content (AvgIpc) is 3.61. The lowest BCUT2D eigenvalue weighted by Crippen LogP contribution is -2.53. The van der Waals surface area contributed by atoms with Gasteiger partial charge < -0.3 is 26.2 Å². The number of amides is 2. The van der Waals surface area contributed by atoms with E-state index in [4.69, 9.17) is 10.5 Å². The normalized spacial score (nSPS) is 29.5. The zero-order chi connectivity index (χ0) is 34.6. The lowest BCUT2D eigenvalue weighted by molar-refractivity contribution is -0.0861. The third-order valence-corrected chi connectivity index (χ3v) is 13.7. The summed E-state index contributed by atoms with van der Waals surface area (Å²) >= 11 is 1.57. The van der Waals surface area contributed by atoms with Crippen molar-refractivity contribution in [2.24, 2.45) is 27.9 Å². The van der Waals surface area contributed by atoms with Gasteiger partial charge in [0.2, 0.25) is 0 Å². The highest BCUT2D eigenvalue weighted by Crippen LogP contribution is 2.84. The smallest absolute Gasteiger partial charge is 0.355 e. The van der Waals surface area contributed by atoms with E-state index in [1.165, 1.54) is 19.3 Å². The molecule has 5 unspecified atom stereocenters. The van der Waals surface area contributed by atoms with Crippen LogP contribution in [0.25, 0.3) is 21.6 Å². The van der Waals surface area contributed by atoms with Crippen LogP contribution in [0.15, 0.2) is 60.0 Å². The van der Waals surface area contributed by atoms with Crippen LogP contribution in [0.3, 0.4) is 0 Å². The largest absolute Gasteiger partial charge is 0.493 e. The second-order valence-corrected chi connectivity index (χ2v) is 17.0. The summed E-state index contributed by atoms with van der Waals surface area (Å²) < 4.78 is 6.18. The lowest BCUT2D eigenvalue weighted by atomic mass is 9.47. The number of carbonyl (C=O) groups is 3. The van der Waals surface area contributed by atoms with Gasteiger partial charge in [0.15, 0.2) is 5.69 Å². The van der Waals surface area contributed by atoms with Crippen LogP contribution in [-0.2, 0) is 13.0 Å². The summed E-state index contributed by atoms with van der Waals surface area (Å²) in [5, 5.41) is 18.9. The lowest BCUT2D eigenvalue weighted by Gasteiger charge is -2.57. The van der Waals surface area contributed by atoms with Crippen molar-refractivity contribution < 1.29 is 24.2 Å². The van der Waals surface area contributed by atoms with Crippen molar-refractivity contribution in [1.82, 2.24) is 10.3 Å². The Hall–Kier alpha value is -4.54. The molecule has 4 fully saturated rings. The van der Waals surface area contributed by atoms with Crippen LogP contribution in [0, 0.1) is 22.2 Å². The molecule has 2 amide bonds. The number of rotatable bonds is 7. The molecule has 4 aliphatic carbocycles. The van der Waals surface area contributed by atoms with Crippen molar-refractivity contribution in [3.8, 4) is 27.3 Å². The number of pyridine rings is 1. The first-order chi connectivity index (χ1) is 23.9. The number of nitrogens with two attached hydrogens (primary N) is 1. The van der Waals surface area contributed by atoms with Crippen LogP contribution in [0.4, 0.5) is 5.69 Å². The zero-order valence-electron chi connectivity index (χ0n) is 28.2. The molecule has 4 aromatic rings. The number of aromatic nitrogens is 1. The Morgan fingerprint density at radius 1 is 0.960 bits per heavy atom. The third kappa shape index (κ3) is 4.60. The molecule has 5 N–H and O–H groups in total. The van der Waals surface area contributed by atoms with E-state index in [-0.39, 0.29) is 39.4 Å². The van der Waals surface area contributed by atoms with E-state index >= 15 is 0 Å². The first-order valence-electron chi connectivity index (χ1n) is 17.5. The quantitative estimate of drug-likeness (QED) is 0.160. The third-order valence-electron chi connectivity index (χ3n) is 12.7. The molecule has 5 aliphatic rings. The number of carbonyl (C=O) groups excluding carboxylic acids is 2. The van der Waals surface area contributed by atoms with Crippen molar-refractivity contribution in [3.05, 3.63) is 88.1 Å². The number of carboxylic acids is 1. The molecule has 2 aromatic heterocycles. The van der Waals surface area contributed by atoms with E-state index in [9.17, 15) is 19.5 Å². The SMILES string of the molecule is CC12CC3(NC(=O)c4ccc(-c5cc6c(cc5C(=O)Nc5ccc(CN)cc5)-c5sccc5CCO6)c(C(=O)O)n4)CC4CC(C)(C1)C4(C2)C3. The van der Waals surface area contributed by atoms with Crippen molar-refractivity contribution in [2.45, 2.75) is 70.9 Å². The van der Waals surface area contributed by atoms with Gasteiger partial charge in [-0.15, -0.1) is 11.3 Å². The van der Waals surface area contributed by atoms with E-state index in [2.05, 4.69) is 35.5 Å². The van der Waals surface area contributed by atoms with Crippen molar-refractivity contribution in [3.63, 3.8) is 0 Å².